The zero-order valence-corrected chi connectivity index (χ0v) is 24.0. The van der Waals surface area contributed by atoms with Crippen LogP contribution in [0, 0.1) is 11.6 Å². The standard InChI is InChI=1S/C31H28F2N4O5S/c1-20-19-41-16-15-37(20)28-18-27(31(13-14-31)43(39,40)26-17-22(32)9-12-25(26)33)35-29(36-28)21-7-10-23(11-8-21)34-30(38)42-24-5-3-2-4-6-24/h2-12,17-18,20H,13-16,19H2,1H3,(H,34,38)/t20-/m0/s1. The number of rotatable bonds is 7. The van der Waals surface area contributed by atoms with Crippen LogP contribution in [0.5, 0.6) is 5.75 Å². The number of hydrogen-bond donors (Lipinski definition) is 1. The van der Waals surface area contributed by atoms with Gasteiger partial charge in [0.1, 0.15) is 32.8 Å². The molecule has 2 aliphatic rings. The van der Waals surface area contributed by atoms with Crippen LogP contribution in [0.1, 0.15) is 25.5 Å². The van der Waals surface area contributed by atoms with Crippen molar-refractivity contribution in [2.45, 2.75) is 35.4 Å². The third-order valence-corrected chi connectivity index (χ3v) is 10.1. The van der Waals surface area contributed by atoms with E-state index in [4.69, 9.17) is 14.5 Å². The van der Waals surface area contributed by atoms with Crippen LogP contribution in [0.25, 0.3) is 11.4 Å². The minimum absolute atomic E-state index is 0.0426. The summed E-state index contributed by atoms with van der Waals surface area (Å²) in [7, 11) is -4.35. The van der Waals surface area contributed by atoms with E-state index in [1.165, 1.54) is 0 Å². The molecule has 9 nitrogen and oxygen atoms in total. The maximum atomic E-state index is 14.7. The predicted molar refractivity (Wildman–Crippen MR) is 156 cm³/mol. The smallest absolute Gasteiger partial charge is 0.410 e. The van der Waals surface area contributed by atoms with E-state index in [2.05, 4.69) is 10.3 Å². The largest absolute Gasteiger partial charge is 0.417 e. The van der Waals surface area contributed by atoms with E-state index in [1.807, 2.05) is 17.9 Å². The lowest BCUT2D eigenvalue weighted by molar-refractivity contribution is 0.0985. The second kappa shape index (κ2) is 11.3. The van der Waals surface area contributed by atoms with Gasteiger partial charge < -0.3 is 14.4 Å². The normalized spacial score (nSPS) is 17.7. The molecule has 0 radical (unpaired) electrons. The highest BCUT2D eigenvalue weighted by molar-refractivity contribution is 7.92. The number of benzene rings is 3. The third kappa shape index (κ3) is 5.67. The average molecular weight is 607 g/mol. The summed E-state index contributed by atoms with van der Waals surface area (Å²) in [6, 6.07) is 19.3. The molecule has 0 spiro atoms. The Hall–Kier alpha value is -4.42. The molecule has 6 rings (SSSR count). The highest BCUT2D eigenvalue weighted by atomic mass is 32.2. The van der Waals surface area contributed by atoms with Gasteiger partial charge in [0.05, 0.1) is 24.9 Å². The molecule has 2 heterocycles. The quantitative estimate of drug-likeness (QED) is 0.285. The first kappa shape index (κ1) is 28.7. The first-order valence-electron chi connectivity index (χ1n) is 13.7. The second-order valence-corrected chi connectivity index (χ2v) is 12.8. The SMILES string of the molecule is C[C@H]1COCCN1c1cc(C2(S(=O)(=O)c3cc(F)ccc3F)CC2)nc(-c2ccc(NC(=O)Oc3ccccc3)cc2)n1. The van der Waals surface area contributed by atoms with Crippen molar-refractivity contribution in [3.8, 4) is 17.1 Å². The highest BCUT2D eigenvalue weighted by Crippen LogP contribution is 2.55. The molecule has 0 bridgehead atoms. The van der Waals surface area contributed by atoms with E-state index in [0.717, 1.165) is 12.1 Å². The van der Waals surface area contributed by atoms with Gasteiger partial charge in [-0.25, -0.2) is 32.0 Å². The minimum atomic E-state index is -4.35. The summed E-state index contributed by atoms with van der Waals surface area (Å²) < 4.78 is 65.7. The number of nitrogens with one attached hydrogen (secondary N) is 1. The lowest BCUT2D eigenvalue weighted by atomic mass is 10.1. The summed E-state index contributed by atoms with van der Waals surface area (Å²) in [5.41, 5.74) is 1.24. The summed E-state index contributed by atoms with van der Waals surface area (Å²) in [6.45, 7) is 3.44. The Bertz CT molecular complexity index is 1770. The van der Waals surface area contributed by atoms with Gasteiger partial charge in [-0.2, -0.15) is 0 Å². The fraction of sp³-hybridized carbons (Fsp3) is 0.258. The zero-order valence-electron chi connectivity index (χ0n) is 23.2. The number of para-hydroxylation sites is 1. The van der Waals surface area contributed by atoms with Crippen LogP contribution in [0.2, 0.25) is 0 Å². The van der Waals surface area contributed by atoms with E-state index in [-0.39, 0.29) is 30.4 Å². The maximum absolute atomic E-state index is 14.7. The van der Waals surface area contributed by atoms with E-state index in [1.54, 1.807) is 54.6 Å². The van der Waals surface area contributed by atoms with E-state index >= 15 is 0 Å². The Morgan fingerprint density at radius 2 is 1.77 bits per heavy atom. The van der Waals surface area contributed by atoms with Crippen molar-refractivity contribution in [3.63, 3.8) is 0 Å². The number of amides is 1. The molecular formula is C31H28F2N4O5S. The lowest BCUT2D eigenvalue weighted by Crippen LogP contribution is -2.44. The van der Waals surface area contributed by atoms with Crippen molar-refractivity contribution in [1.29, 1.82) is 0 Å². The molecule has 43 heavy (non-hydrogen) atoms. The van der Waals surface area contributed by atoms with Crippen molar-refractivity contribution in [2.24, 2.45) is 0 Å². The monoisotopic (exact) mass is 606 g/mol. The fourth-order valence-corrected chi connectivity index (χ4v) is 7.16. The molecule has 0 unspecified atom stereocenters. The van der Waals surface area contributed by atoms with Crippen molar-refractivity contribution in [3.05, 3.63) is 96.2 Å². The number of sulfone groups is 1. The number of aromatic nitrogens is 2. The molecule has 1 aliphatic heterocycles. The molecule has 3 aromatic carbocycles. The Morgan fingerprint density at radius 3 is 2.47 bits per heavy atom. The number of ether oxygens (including phenoxy) is 2. The van der Waals surface area contributed by atoms with Crippen LogP contribution in [0.4, 0.5) is 25.1 Å². The number of nitrogens with zero attached hydrogens (tertiary/aromatic N) is 3. The van der Waals surface area contributed by atoms with Gasteiger partial charge in [-0.1, -0.05) is 18.2 Å². The summed E-state index contributed by atoms with van der Waals surface area (Å²) >= 11 is 0. The molecule has 4 aromatic rings. The molecule has 1 aromatic heterocycles. The van der Waals surface area contributed by atoms with Gasteiger partial charge in [-0.3, -0.25) is 5.32 Å². The molecule has 1 atom stereocenters. The number of carbonyl (C=O) groups is 1. The van der Waals surface area contributed by atoms with Crippen molar-refractivity contribution >= 4 is 27.4 Å². The predicted octanol–water partition coefficient (Wildman–Crippen LogP) is 5.72. The van der Waals surface area contributed by atoms with E-state index in [9.17, 15) is 22.0 Å². The Kier molecular flexibility index (Phi) is 7.57. The van der Waals surface area contributed by atoms with Crippen LogP contribution in [-0.2, 0) is 19.3 Å². The van der Waals surface area contributed by atoms with Gasteiger partial charge in [-0.05, 0) is 74.4 Å². The first-order valence-corrected chi connectivity index (χ1v) is 15.2. The molecular weight excluding hydrogens is 578 g/mol. The number of anilines is 2. The van der Waals surface area contributed by atoms with E-state index < -0.39 is 37.2 Å². The average Bonchev–Trinajstić information content (AvgIpc) is 3.82. The first-order chi connectivity index (χ1) is 20.7. The third-order valence-electron chi connectivity index (χ3n) is 7.59. The molecule has 12 heteroatoms. The van der Waals surface area contributed by atoms with Crippen LogP contribution in [-0.4, -0.2) is 50.3 Å². The van der Waals surface area contributed by atoms with Crippen LogP contribution in [0.15, 0.2) is 83.8 Å². The minimum Gasteiger partial charge on any atom is -0.410 e. The van der Waals surface area contributed by atoms with Gasteiger partial charge in [0, 0.05) is 23.9 Å². The molecule has 1 aliphatic carbocycles. The number of hydrogen-bond acceptors (Lipinski definition) is 8. The molecule has 222 valence electrons. The lowest BCUT2D eigenvalue weighted by Gasteiger charge is -2.34. The molecule has 1 saturated carbocycles. The van der Waals surface area contributed by atoms with Crippen LogP contribution >= 0.6 is 0 Å². The Morgan fingerprint density at radius 1 is 1.02 bits per heavy atom. The van der Waals surface area contributed by atoms with Gasteiger partial charge in [0.2, 0.25) is 0 Å². The Balaban J connectivity index is 1.35. The number of halogens is 2. The van der Waals surface area contributed by atoms with E-state index in [0.29, 0.717) is 48.6 Å². The molecule has 1 N–H and O–H groups in total. The fourth-order valence-electron chi connectivity index (χ4n) is 5.12. The van der Waals surface area contributed by atoms with Gasteiger partial charge in [-0.15, -0.1) is 0 Å². The van der Waals surface area contributed by atoms with Crippen LogP contribution in [0.3, 0.4) is 0 Å². The molecule has 1 amide bonds. The van der Waals surface area contributed by atoms with Crippen molar-refractivity contribution in [2.75, 3.05) is 30.0 Å². The maximum Gasteiger partial charge on any atom is 0.417 e. The summed E-state index contributed by atoms with van der Waals surface area (Å²) in [4.78, 5) is 23.1. The Labute approximate surface area is 247 Å². The summed E-state index contributed by atoms with van der Waals surface area (Å²) in [5, 5.41) is 2.66. The molecule has 1 saturated heterocycles. The van der Waals surface area contributed by atoms with Gasteiger partial charge in [0.25, 0.3) is 0 Å². The highest BCUT2D eigenvalue weighted by Gasteiger charge is 2.58. The summed E-state index contributed by atoms with van der Waals surface area (Å²) in [5.74, 6) is -0.702. The van der Waals surface area contributed by atoms with Gasteiger partial charge in [0.15, 0.2) is 15.7 Å². The van der Waals surface area contributed by atoms with Crippen molar-refractivity contribution in [1.82, 2.24) is 9.97 Å². The van der Waals surface area contributed by atoms with Crippen LogP contribution < -0.4 is 15.0 Å². The summed E-state index contributed by atoms with van der Waals surface area (Å²) in [6.07, 6.45) is -0.260. The zero-order chi connectivity index (χ0) is 30.2. The topological polar surface area (TPSA) is 111 Å². The number of carbonyl (C=O) groups excluding carboxylic acids is 1. The van der Waals surface area contributed by atoms with Gasteiger partial charge >= 0.3 is 6.09 Å². The van der Waals surface area contributed by atoms with Crippen molar-refractivity contribution < 1.29 is 31.5 Å². The molecule has 2 fully saturated rings. The number of morpholine rings is 1. The second-order valence-electron chi connectivity index (χ2n) is 10.5.